The van der Waals surface area contributed by atoms with Gasteiger partial charge in [0.2, 0.25) is 0 Å². The van der Waals surface area contributed by atoms with Crippen molar-refractivity contribution in [2.24, 2.45) is 0 Å². The van der Waals surface area contributed by atoms with Crippen molar-refractivity contribution >= 4 is 17.6 Å². The zero-order valence-corrected chi connectivity index (χ0v) is 16.4. The van der Waals surface area contributed by atoms with Crippen molar-refractivity contribution in [1.29, 1.82) is 5.26 Å². The zero-order chi connectivity index (χ0) is 21.0. The molecule has 1 aromatic carbocycles. The van der Waals surface area contributed by atoms with Crippen LogP contribution in [-0.4, -0.2) is 22.5 Å². The molecule has 2 aromatic heterocycles. The van der Waals surface area contributed by atoms with E-state index in [-0.39, 0.29) is 0 Å². The molecule has 0 saturated carbocycles. The lowest BCUT2D eigenvalue weighted by Crippen LogP contribution is -2.30. The highest BCUT2D eigenvalue weighted by atomic mass is 16.5. The van der Waals surface area contributed by atoms with E-state index in [9.17, 15) is 9.59 Å². The molecular weight excluding hydrogens is 370 g/mol. The maximum absolute atomic E-state index is 12.6. The highest BCUT2D eigenvalue weighted by Crippen LogP contribution is 2.19. The summed E-state index contributed by atoms with van der Waals surface area (Å²) in [5, 5.41) is 11.5. The second kappa shape index (κ2) is 8.48. The van der Waals surface area contributed by atoms with Gasteiger partial charge >= 0.3 is 5.97 Å². The predicted octanol–water partition coefficient (Wildman–Crippen LogP) is 3.80. The Morgan fingerprint density at radius 2 is 1.97 bits per heavy atom. The third-order valence-electron chi connectivity index (χ3n) is 4.62. The number of nitrogens with zero attached hydrogens (tertiary/aromatic N) is 2. The monoisotopic (exact) mass is 391 g/mol. The molecule has 0 bridgehead atoms. The number of carbonyl (C=O) groups excluding carboxylic acids is 2. The molecule has 1 N–H and O–H groups in total. The lowest BCUT2D eigenvalue weighted by molar-refractivity contribution is -0.123. The second-order valence-electron chi connectivity index (χ2n) is 6.68. The molecule has 1 amide bonds. The molecule has 0 saturated heterocycles. The minimum atomic E-state index is -0.980. The zero-order valence-electron chi connectivity index (χ0n) is 16.4. The maximum atomic E-state index is 12.6. The normalized spacial score (nSPS) is 11.5. The van der Waals surface area contributed by atoms with Gasteiger partial charge in [0.25, 0.3) is 5.91 Å². The Balaban J connectivity index is 1.66. The van der Waals surface area contributed by atoms with Gasteiger partial charge in [-0.15, -0.1) is 0 Å². The smallest absolute Gasteiger partial charge is 0.340 e. The SMILES string of the molecule is Cc1cc(C(=O)O[C@@H](C)C(=O)Nc2ccc(C#N)cc2)c(C)n1Cc1ccco1. The molecular formula is C22H21N3O4. The molecule has 3 aromatic rings. The molecule has 7 nitrogen and oxygen atoms in total. The first-order valence-corrected chi connectivity index (χ1v) is 9.10. The van der Waals surface area contributed by atoms with Crippen molar-refractivity contribution < 1.29 is 18.7 Å². The fourth-order valence-electron chi connectivity index (χ4n) is 2.96. The second-order valence-corrected chi connectivity index (χ2v) is 6.68. The van der Waals surface area contributed by atoms with Crippen LogP contribution in [0.3, 0.4) is 0 Å². The van der Waals surface area contributed by atoms with E-state index < -0.39 is 18.0 Å². The fraction of sp³-hybridized carbons (Fsp3) is 0.227. The number of hydrogen-bond donors (Lipinski definition) is 1. The van der Waals surface area contributed by atoms with Crippen LogP contribution in [0.1, 0.15) is 40.0 Å². The number of aromatic nitrogens is 1. The molecule has 7 heteroatoms. The number of carbonyl (C=O) groups is 2. The Bertz CT molecular complexity index is 1060. The molecule has 3 rings (SSSR count). The summed E-state index contributed by atoms with van der Waals surface area (Å²) in [6.45, 7) is 5.74. The van der Waals surface area contributed by atoms with Crippen molar-refractivity contribution in [2.75, 3.05) is 5.32 Å². The van der Waals surface area contributed by atoms with E-state index in [0.29, 0.717) is 23.4 Å². The molecule has 0 fully saturated rings. The molecule has 1 atom stereocenters. The van der Waals surface area contributed by atoms with Gasteiger partial charge in [-0.25, -0.2) is 4.79 Å². The van der Waals surface area contributed by atoms with Gasteiger partial charge in [-0.2, -0.15) is 5.26 Å². The Morgan fingerprint density at radius 1 is 1.24 bits per heavy atom. The molecule has 2 heterocycles. The number of benzene rings is 1. The Kier molecular flexibility index (Phi) is 5.84. The predicted molar refractivity (Wildman–Crippen MR) is 106 cm³/mol. The third kappa shape index (κ3) is 4.55. The number of ether oxygens (including phenoxy) is 1. The average Bonchev–Trinajstić information content (AvgIpc) is 3.32. The number of esters is 1. The van der Waals surface area contributed by atoms with E-state index in [2.05, 4.69) is 5.32 Å². The lowest BCUT2D eigenvalue weighted by Gasteiger charge is -2.14. The van der Waals surface area contributed by atoms with Crippen LogP contribution in [0.25, 0.3) is 0 Å². The van der Waals surface area contributed by atoms with Crippen molar-refractivity contribution in [3.63, 3.8) is 0 Å². The molecule has 0 aliphatic carbocycles. The van der Waals surface area contributed by atoms with Gasteiger partial charge in [0.15, 0.2) is 6.10 Å². The quantitative estimate of drug-likeness (QED) is 0.645. The molecule has 29 heavy (non-hydrogen) atoms. The molecule has 0 radical (unpaired) electrons. The summed E-state index contributed by atoms with van der Waals surface area (Å²) in [6.07, 6.45) is 0.624. The summed E-state index contributed by atoms with van der Waals surface area (Å²) < 4.78 is 12.7. The number of rotatable bonds is 6. The van der Waals surface area contributed by atoms with E-state index in [4.69, 9.17) is 14.4 Å². The maximum Gasteiger partial charge on any atom is 0.340 e. The summed E-state index contributed by atoms with van der Waals surface area (Å²) in [5.74, 6) is -0.236. The van der Waals surface area contributed by atoms with Crippen molar-refractivity contribution in [1.82, 2.24) is 4.57 Å². The first-order valence-electron chi connectivity index (χ1n) is 9.10. The Labute approximate surface area is 168 Å². The van der Waals surface area contributed by atoms with E-state index >= 15 is 0 Å². The highest BCUT2D eigenvalue weighted by Gasteiger charge is 2.23. The van der Waals surface area contributed by atoms with Crippen LogP contribution in [0.2, 0.25) is 0 Å². The minimum absolute atomic E-state index is 0.409. The Hall–Kier alpha value is -3.79. The number of nitriles is 1. The number of furan rings is 1. The van der Waals surface area contributed by atoms with Gasteiger partial charge in [0.1, 0.15) is 5.76 Å². The molecule has 0 unspecified atom stereocenters. The summed E-state index contributed by atoms with van der Waals surface area (Å²) in [5.41, 5.74) is 3.05. The Morgan fingerprint density at radius 3 is 2.59 bits per heavy atom. The lowest BCUT2D eigenvalue weighted by atomic mass is 10.2. The van der Waals surface area contributed by atoms with Gasteiger partial charge in [-0.3, -0.25) is 4.79 Å². The van der Waals surface area contributed by atoms with E-state index in [1.54, 1.807) is 36.6 Å². The summed E-state index contributed by atoms with van der Waals surface area (Å²) >= 11 is 0. The van der Waals surface area contributed by atoms with Crippen LogP contribution < -0.4 is 5.32 Å². The van der Waals surface area contributed by atoms with Gasteiger partial charge < -0.3 is 19.0 Å². The first kappa shape index (κ1) is 20.0. The van der Waals surface area contributed by atoms with Crippen LogP contribution >= 0.6 is 0 Å². The molecule has 0 spiro atoms. The van der Waals surface area contributed by atoms with Crippen LogP contribution in [-0.2, 0) is 16.1 Å². The average molecular weight is 391 g/mol. The van der Waals surface area contributed by atoms with Gasteiger partial charge in [0, 0.05) is 17.1 Å². The van der Waals surface area contributed by atoms with Gasteiger partial charge in [-0.05, 0) is 63.2 Å². The minimum Gasteiger partial charge on any atom is -0.467 e. The topological polar surface area (TPSA) is 97.3 Å². The third-order valence-corrected chi connectivity index (χ3v) is 4.62. The summed E-state index contributed by atoms with van der Waals surface area (Å²) in [4.78, 5) is 24.9. The molecule has 0 aliphatic rings. The molecule has 0 aliphatic heterocycles. The van der Waals surface area contributed by atoms with Crippen molar-refractivity contribution in [3.05, 3.63) is 77.0 Å². The standard InChI is InChI=1S/C22H21N3O4/c1-14-11-20(15(2)25(14)13-19-5-4-10-28-19)22(27)29-16(3)21(26)24-18-8-6-17(12-23)7-9-18/h4-11,16H,13H2,1-3H3,(H,24,26)/t16-/m0/s1. The number of anilines is 1. The van der Waals surface area contributed by atoms with Crippen molar-refractivity contribution in [2.45, 2.75) is 33.4 Å². The fourth-order valence-corrected chi connectivity index (χ4v) is 2.96. The van der Waals surface area contributed by atoms with E-state index in [1.165, 1.54) is 6.92 Å². The van der Waals surface area contributed by atoms with E-state index in [0.717, 1.165) is 17.1 Å². The largest absolute Gasteiger partial charge is 0.467 e. The first-order chi connectivity index (χ1) is 13.9. The van der Waals surface area contributed by atoms with Gasteiger partial charge in [0.05, 0.1) is 30.0 Å². The number of nitrogens with one attached hydrogen (secondary N) is 1. The molecule has 148 valence electrons. The van der Waals surface area contributed by atoms with Crippen LogP contribution in [0.4, 0.5) is 5.69 Å². The van der Waals surface area contributed by atoms with Crippen molar-refractivity contribution in [3.8, 4) is 6.07 Å². The van der Waals surface area contributed by atoms with Crippen LogP contribution in [0.5, 0.6) is 0 Å². The highest BCUT2D eigenvalue weighted by molar-refractivity contribution is 5.97. The van der Waals surface area contributed by atoms with Crippen LogP contribution in [0, 0.1) is 25.2 Å². The summed E-state index contributed by atoms with van der Waals surface area (Å²) in [7, 11) is 0. The van der Waals surface area contributed by atoms with Gasteiger partial charge in [-0.1, -0.05) is 0 Å². The number of aryl methyl sites for hydroxylation is 1. The van der Waals surface area contributed by atoms with E-state index in [1.807, 2.05) is 36.6 Å². The summed E-state index contributed by atoms with van der Waals surface area (Å²) in [6, 6.07) is 13.9. The number of hydrogen-bond acceptors (Lipinski definition) is 5. The number of amides is 1. The van der Waals surface area contributed by atoms with Crippen LogP contribution in [0.15, 0.2) is 53.1 Å².